The van der Waals surface area contributed by atoms with Crippen LogP contribution in [0.5, 0.6) is 11.5 Å². The lowest BCUT2D eigenvalue weighted by Gasteiger charge is -2.10. The highest BCUT2D eigenvalue weighted by molar-refractivity contribution is 6.17. The molecule has 0 spiro atoms. The SMILES string of the molecule is Cc1cc(CCl)ccc1Oc1ccccc1C#N. The molecule has 0 atom stereocenters. The maximum absolute atomic E-state index is 9.00. The quantitative estimate of drug-likeness (QED) is 0.764. The van der Waals surface area contributed by atoms with Crippen molar-refractivity contribution in [2.24, 2.45) is 0 Å². The van der Waals surface area contributed by atoms with E-state index in [4.69, 9.17) is 21.6 Å². The molecule has 0 aromatic heterocycles. The summed E-state index contributed by atoms with van der Waals surface area (Å²) in [5.74, 6) is 1.80. The molecule has 0 radical (unpaired) electrons. The van der Waals surface area contributed by atoms with Gasteiger partial charge in [0.15, 0.2) is 0 Å². The Hall–Kier alpha value is -1.98. The molecule has 0 N–H and O–H groups in total. The summed E-state index contributed by atoms with van der Waals surface area (Å²) in [6, 6.07) is 15.1. The molecule has 0 saturated carbocycles. The largest absolute Gasteiger partial charge is 0.456 e. The lowest BCUT2D eigenvalue weighted by atomic mass is 10.1. The Kier molecular flexibility index (Phi) is 3.86. The molecule has 0 amide bonds. The summed E-state index contributed by atoms with van der Waals surface area (Å²) >= 11 is 5.78. The number of para-hydroxylation sites is 1. The molecule has 0 bridgehead atoms. The van der Waals surface area contributed by atoms with Crippen LogP contribution in [0.3, 0.4) is 0 Å². The van der Waals surface area contributed by atoms with Gasteiger partial charge in [0.1, 0.15) is 17.6 Å². The van der Waals surface area contributed by atoms with Crippen LogP contribution >= 0.6 is 11.6 Å². The lowest BCUT2D eigenvalue weighted by molar-refractivity contribution is 0.477. The van der Waals surface area contributed by atoms with E-state index in [0.29, 0.717) is 17.2 Å². The second kappa shape index (κ2) is 5.57. The molecule has 0 fully saturated rings. The third-order valence-corrected chi connectivity index (χ3v) is 2.93. The van der Waals surface area contributed by atoms with Crippen LogP contribution in [0.4, 0.5) is 0 Å². The zero-order chi connectivity index (χ0) is 13.0. The molecule has 0 aliphatic carbocycles. The number of ether oxygens (including phenoxy) is 1. The summed E-state index contributed by atoms with van der Waals surface area (Å²) in [6.07, 6.45) is 0. The molecular formula is C15H12ClNO. The highest BCUT2D eigenvalue weighted by atomic mass is 35.5. The van der Waals surface area contributed by atoms with Crippen LogP contribution in [0.25, 0.3) is 0 Å². The number of hydrogen-bond donors (Lipinski definition) is 0. The number of nitriles is 1. The van der Waals surface area contributed by atoms with Gasteiger partial charge in [0.2, 0.25) is 0 Å². The van der Waals surface area contributed by atoms with E-state index in [-0.39, 0.29) is 0 Å². The highest BCUT2D eigenvalue weighted by Gasteiger charge is 2.06. The van der Waals surface area contributed by atoms with Gasteiger partial charge in [0, 0.05) is 5.88 Å². The number of halogens is 1. The van der Waals surface area contributed by atoms with Gasteiger partial charge in [-0.25, -0.2) is 0 Å². The Morgan fingerprint density at radius 1 is 1.17 bits per heavy atom. The molecule has 2 aromatic rings. The monoisotopic (exact) mass is 257 g/mol. The van der Waals surface area contributed by atoms with Gasteiger partial charge in [0.05, 0.1) is 5.56 Å². The van der Waals surface area contributed by atoms with Crippen molar-refractivity contribution in [2.75, 3.05) is 0 Å². The van der Waals surface area contributed by atoms with Gasteiger partial charge >= 0.3 is 0 Å². The average molecular weight is 258 g/mol. The average Bonchev–Trinajstić information content (AvgIpc) is 2.41. The maximum atomic E-state index is 9.00. The first-order valence-corrected chi connectivity index (χ1v) is 6.10. The number of benzene rings is 2. The maximum Gasteiger partial charge on any atom is 0.145 e. The highest BCUT2D eigenvalue weighted by Crippen LogP contribution is 2.28. The Balaban J connectivity index is 2.32. The summed E-state index contributed by atoms with van der Waals surface area (Å²) in [5, 5.41) is 9.00. The Morgan fingerprint density at radius 3 is 2.61 bits per heavy atom. The fourth-order valence-corrected chi connectivity index (χ4v) is 1.84. The molecule has 0 saturated heterocycles. The molecule has 3 heteroatoms. The summed E-state index contributed by atoms with van der Waals surface area (Å²) < 4.78 is 5.77. The van der Waals surface area contributed by atoms with E-state index < -0.39 is 0 Å². The topological polar surface area (TPSA) is 33.0 Å². The summed E-state index contributed by atoms with van der Waals surface area (Å²) in [7, 11) is 0. The normalized spacial score (nSPS) is 9.83. The van der Waals surface area contributed by atoms with E-state index in [1.54, 1.807) is 12.1 Å². The van der Waals surface area contributed by atoms with Gasteiger partial charge in [-0.2, -0.15) is 5.26 Å². The number of nitrogens with zero attached hydrogens (tertiary/aromatic N) is 1. The first kappa shape index (κ1) is 12.5. The van der Waals surface area contributed by atoms with E-state index in [9.17, 15) is 0 Å². The zero-order valence-electron chi connectivity index (χ0n) is 9.98. The van der Waals surface area contributed by atoms with Crippen molar-refractivity contribution < 1.29 is 4.74 Å². The molecule has 0 heterocycles. The van der Waals surface area contributed by atoms with E-state index in [0.717, 1.165) is 16.9 Å². The van der Waals surface area contributed by atoms with Gasteiger partial charge in [-0.05, 0) is 36.2 Å². The molecule has 0 aliphatic heterocycles. The first-order valence-electron chi connectivity index (χ1n) is 5.57. The van der Waals surface area contributed by atoms with Crippen LogP contribution in [0, 0.1) is 18.3 Å². The van der Waals surface area contributed by atoms with Crippen LogP contribution < -0.4 is 4.74 Å². The number of hydrogen-bond acceptors (Lipinski definition) is 2. The van der Waals surface area contributed by atoms with Crippen LogP contribution in [-0.4, -0.2) is 0 Å². The predicted molar refractivity (Wildman–Crippen MR) is 72.0 cm³/mol. The van der Waals surface area contributed by atoms with E-state index in [2.05, 4.69) is 6.07 Å². The Morgan fingerprint density at radius 2 is 1.94 bits per heavy atom. The van der Waals surface area contributed by atoms with Crippen LogP contribution in [-0.2, 0) is 5.88 Å². The Labute approximate surface area is 111 Å². The third-order valence-electron chi connectivity index (χ3n) is 2.62. The summed E-state index contributed by atoms with van der Waals surface area (Å²) in [6.45, 7) is 1.96. The van der Waals surface area contributed by atoms with Gasteiger partial charge in [-0.15, -0.1) is 11.6 Å². The fourth-order valence-electron chi connectivity index (χ4n) is 1.68. The van der Waals surface area contributed by atoms with Gasteiger partial charge < -0.3 is 4.74 Å². The van der Waals surface area contributed by atoms with Crippen molar-refractivity contribution in [3.8, 4) is 17.6 Å². The van der Waals surface area contributed by atoms with Crippen LogP contribution in [0.1, 0.15) is 16.7 Å². The smallest absolute Gasteiger partial charge is 0.145 e. The first-order chi connectivity index (χ1) is 8.74. The third kappa shape index (κ3) is 2.64. The van der Waals surface area contributed by atoms with Crippen molar-refractivity contribution >= 4 is 11.6 Å². The second-order valence-electron chi connectivity index (χ2n) is 3.94. The standard InChI is InChI=1S/C15H12ClNO/c1-11-8-12(9-16)6-7-14(11)18-15-5-3-2-4-13(15)10-17/h2-8H,9H2,1H3. The predicted octanol–water partition coefficient (Wildman–Crippen LogP) is 4.40. The number of alkyl halides is 1. The van der Waals surface area contributed by atoms with E-state index in [1.165, 1.54) is 0 Å². The molecule has 2 rings (SSSR count). The van der Waals surface area contributed by atoms with Crippen LogP contribution in [0.15, 0.2) is 42.5 Å². The van der Waals surface area contributed by atoms with Gasteiger partial charge in [-0.1, -0.05) is 24.3 Å². The molecular weight excluding hydrogens is 246 g/mol. The lowest BCUT2D eigenvalue weighted by Crippen LogP contribution is -1.91. The van der Waals surface area contributed by atoms with Crippen LogP contribution in [0.2, 0.25) is 0 Å². The minimum Gasteiger partial charge on any atom is -0.456 e. The molecule has 2 aromatic carbocycles. The molecule has 18 heavy (non-hydrogen) atoms. The number of rotatable bonds is 3. The molecule has 0 unspecified atom stereocenters. The molecule has 2 nitrogen and oxygen atoms in total. The van der Waals surface area contributed by atoms with Crippen molar-refractivity contribution in [3.05, 3.63) is 59.2 Å². The minimum absolute atomic E-state index is 0.482. The number of aryl methyl sites for hydroxylation is 1. The van der Waals surface area contributed by atoms with Crippen molar-refractivity contribution in [3.63, 3.8) is 0 Å². The zero-order valence-corrected chi connectivity index (χ0v) is 10.7. The van der Waals surface area contributed by atoms with Crippen molar-refractivity contribution in [1.29, 1.82) is 5.26 Å². The fraction of sp³-hybridized carbons (Fsp3) is 0.133. The van der Waals surface area contributed by atoms with Gasteiger partial charge in [0.25, 0.3) is 0 Å². The molecule has 90 valence electrons. The second-order valence-corrected chi connectivity index (χ2v) is 4.21. The van der Waals surface area contributed by atoms with Crippen molar-refractivity contribution in [1.82, 2.24) is 0 Å². The summed E-state index contributed by atoms with van der Waals surface area (Å²) in [5.41, 5.74) is 2.58. The van der Waals surface area contributed by atoms with Gasteiger partial charge in [-0.3, -0.25) is 0 Å². The molecule has 0 aliphatic rings. The van der Waals surface area contributed by atoms with E-state index in [1.807, 2.05) is 37.3 Å². The van der Waals surface area contributed by atoms with Crippen molar-refractivity contribution in [2.45, 2.75) is 12.8 Å². The Bertz CT molecular complexity index is 602. The van der Waals surface area contributed by atoms with E-state index >= 15 is 0 Å². The minimum atomic E-state index is 0.482. The summed E-state index contributed by atoms with van der Waals surface area (Å²) in [4.78, 5) is 0.